The molecule has 1 amide bonds. The lowest BCUT2D eigenvalue weighted by Gasteiger charge is -2.45. The third kappa shape index (κ3) is 2.83. The van der Waals surface area contributed by atoms with Crippen LogP contribution < -0.4 is 5.73 Å². The molecule has 2 rings (SSSR count). The van der Waals surface area contributed by atoms with Crippen LogP contribution in [-0.2, 0) is 4.43 Å². The fourth-order valence-electron chi connectivity index (χ4n) is 2.46. The number of primary amides is 1. The number of hydrogen-bond acceptors (Lipinski definition) is 2. The normalized spacial score (nSPS) is 24.9. The SMILES string of the molecule is C[Si]1(C)CCC(c2ccc(C(N)=O)cc2)O[Si]1(C)C. The first-order valence-electron chi connectivity index (χ1n) is 6.80. The average molecular weight is 294 g/mol. The largest absolute Gasteiger partial charge is 0.413 e. The lowest BCUT2D eigenvalue weighted by Crippen LogP contribution is -2.60. The number of amides is 1. The van der Waals surface area contributed by atoms with Gasteiger partial charge in [0.1, 0.15) is 0 Å². The van der Waals surface area contributed by atoms with Crippen molar-refractivity contribution in [1.29, 1.82) is 0 Å². The van der Waals surface area contributed by atoms with Crippen LogP contribution in [0.5, 0.6) is 0 Å². The van der Waals surface area contributed by atoms with Crippen LogP contribution in [-0.4, -0.2) is 21.3 Å². The molecule has 1 aromatic carbocycles. The number of hydrogen-bond donors (Lipinski definition) is 1. The Balaban J connectivity index is 2.18. The summed E-state index contributed by atoms with van der Waals surface area (Å²) in [6, 6.07) is 8.89. The van der Waals surface area contributed by atoms with Gasteiger partial charge in [0.2, 0.25) is 5.91 Å². The molecule has 1 fully saturated rings. The molecule has 0 spiro atoms. The Bertz CT molecular complexity index is 483. The van der Waals surface area contributed by atoms with Crippen molar-refractivity contribution >= 4 is 21.3 Å². The van der Waals surface area contributed by atoms with Gasteiger partial charge < -0.3 is 10.2 Å². The van der Waals surface area contributed by atoms with E-state index in [1.54, 1.807) is 12.1 Å². The number of rotatable bonds is 2. The summed E-state index contributed by atoms with van der Waals surface area (Å²) in [7, 11) is -2.73. The molecule has 1 aromatic rings. The molecule has 0 radical (unpaired) electrons. The molecular formula is C14H23NO2Si2. The summed E-state index contributed by atoms with van der Waals surface area (Å²) >= 11 is 0. The zero-order valence-electron chi connectivity index (χ0n) is 12.2. The van der Waals surface area contributed by atoms with Crippen molar-refractivity contribution < 1.29 is 9.22 Å². The Hall–Kier alpha value is -0.916. The molecule has 1 aliphatic heterocycles. The number of carbonyl (C=O) groups is 1. The van der Waals surface area contributed by atoms with Gasteiger partial charge in [-0.2, -0.15) is 0 Å². The minimum Gasteiger partial charge on any atom is -0.413 e. The summed E-state index contributed by atoms with van der Waals surface area (Å²) < 4.78 is 6.46. The minimum absolute atomic E-state index is 0.198. The average Bonchev–Trinajstić information content (AvgIpc) is 2.33. The van der Waals surface area contributed by atoms with E-state index in [1.165, 1.54) is 11.6 Å². The van der Waals surface area contributed by atoms with Crippen LogP contribution in [0.4, 0.5) is 0 Å². The topological polar surface area (TPSA) is 52.3 Å². The zero-order chi connectivity index (χ0) is 14.3. The van der Waals surface area contributed by atoms with Crippen LogP contribution in [0.25, 0.3) is 0 Å². The van der Waals surface area contributed by atoms with E-state index >= 15 is 0 Å². The monoisotopic (exact) mass is 293 g/mol. The second-order valence-corrected chi connectivity index (χ2v) is 21.7. The number of benzene rings is 1. The van der Waals surface area contributed by atoms with Crippen molar-refractivity contribution in [3.63, 3.8) is 0 Å². The molecule has 2 N–H and O–H groups in total. The van der Waals surface area contributed by atoms with Gasteiger partial charge in [0.25, 0.3) is 0 Å². The minimum atomic E-state index is -1.55. The Morgan fingerprint density at radius 3 is 2.26 bits per heavy atom. The Kier molecular flexibility index (Phi) is 3.72. The molecule has 0 aromatic heterocycles. The van der Waals surface area contributed by atoms with Gasteiger partial charge in [-0.05, 0) is 37.2 Å². The highest BCUT2D eigenvalue weighted by Gasteiger charge is 2.47. The third-order valence-corrected chi connectivity index (χ3v) is 21.2. The van der Waals surface area contributed by atoms with Crippen LogP contribution in [0.15, 0.2) is 24.3 Å². The summed E-state index contributed by atoms with van der Waals surface area (Å²) in [6.45, 7) is 9.60. The zero-order valence-corrected chi connectivity index (χ0v) is 14.2. The predicted octanol–water partition coefficient (Wildman–Crippen LogP) is 3.24. The summed E-state index contributed by atoms with van der Waals surface area (Å²) in [5, 5.41) is 0. The number of carbonyl (C=O) groups excluding carboxylic acids is 1. The first kappa shape index (κ1) is 14.5. The van der Waals surface area contributed by atoms with Gasteiger partial charge in [-0.15, -0.1) is 0 Å². The van der Waals surface area contributed by atoms with Crippen LogP contribution in [0.2, 0.25) is 32.2 Å². The second-order valence-electron chi connectivity index (χ2n) is 6.53. The molecule has 1 atom stereocenters. The fourth-order valence-corrected chi connectivity index (χ4v) is 8.96. The van der Waals surface area contributed by atoms with Gasteiger partial charge >= 0.3 is 0 Å². The Morgan fingerprint density at radius 1 is 1.21 bits per heavy atom. The van der Waals surface area contributed by atoms with Crippen LogP contribution >= 0.6 is 0 Å². The highest BCUT2D eigenvalue weighted by molar-refractivity contribution is 7.38. The fraction of sp³-hybridized carbons (Fsp3) is 0.500. The molecule has 3 nitrogen and oxygen atoms in total. The van der Waals surface area contributed by atoms with E-state index in [4.69, 9.17) is 10.2 Å². The van der Waals surface area contributed by atoms with Crippen LogP contribution in [0, 0.1) is 0 Å². The van der Waals surface area contributed by atoms with E-state index in [0.29, 0.717) is 5.56 Å². The second kappa shape index (κ2) is 4.88. The van der Waals surface area contributed by atoms with Gasteiger partial charge in [0.05, 0.1) is 13.7 Å². The first-order chi connectivity index (χ1) is 8.73. The molecule has 0 saturated carbocycles. The van der Waals surface area contributed by atoms with E-state index in [1.807, 2.05) is 12.1 Å². The van der Waals surface area contributed by atoms with E-state index in [2.05, 4.69) is 26.2 Å². The maximum absolute atomic E-state index is 11.1. The molecule has 1 heterocycles. The Morgan fingerprint density at radius 2 is 1.79 bits per heavy atom. The van der Waals surface area contributed by atoms with Crippen molar-refractivity contribution in [1.82, 2.24) is 0 Å². The standard InChI is InChI=1S/C14H23NO2Si2/c1-18(2)10-9-13(17-19(18,3)4)11-5-7-12(8-6-11)14(15)16/h5-8,13H,9-10H2,1-4H3,(H2,15,16). The first-order valence-corrected chi connectivity index (χ1v) is 13.9. The molecule has 1 unspecified atom stereocenters. The van der Waals surface area contributed by atoms with E-state index in [-0.39, 0.29) is 12.0 Å². The maximum Gasteiger partial charge on any atom is 0.248 e. The Labute approximate surface area is 117 Å². The quantitative estimate of drug-likeness (QED) is 0.851. The lowest BCUT2D eigenvalue weighted by molar-refractivity contribution is 0.1000. The van der Waals surface area contributed by atoms with Crippen LogP contribution in [0.1, 0.15) is 28.4 Å². The van der Waals surface area contributed by atoms with Gasteiger partial charge in [-0.3, -0.25) is 4.79 Å². The van der Waals surface area contributed by atoms with Gasteiger partial charge in [-0.25, -0.2) is 0 Å². The van der Waals surface area contributed by atoms with E-state index in [9.17, 15) is 4.79 Å². The predicted molar refractivity (Wildman–Crippen MR) is 83.2 cm³/mol. The highest BCUT2D eigenvalue weighted by atomic mass is 29.3. The summed E-state index contributed by atoms with van der Waals surface area (Å²) in [4.78, 5) is 11.1. The van der Waals surface area contributed by atoms with Gasteiger partial charge in [0, 0.05) is 5.56 Å². The molecular weight excluding hydrogens is 270 g/mol. The lowest BCUT2D eigenvalue weighted by atomic mass is 10.1. The molecule has 104 valence electrons. The molecule has 1 saturated heterocycles. The third-order valence-electron chi connectivity index (χ3n) is 4.67. The van der Waals surface area contributed by atoms with Crippen molar-refractivity contribution in [2.24, 2.45) is 5.73 Å². The summed E-state index contributed by atoms with van der Waals surface area (Å²) in [5.74, 6) is -0.376. The smallest absolute Gasteiger partial charge is 0.248 e. The van der Waals surface area contributed by atoms with Crippen molar-refractivity contribution in [2.45, 2.75) is 44.8 Å². The summed E-state index contributed by atoms with van der Waals surface area (Å²) in [6.07, 6.45) is 1.30. The molecule has 0 bridgehead atoms. The summed E-state index contributed by atoms with van der Waals surface area (Å²) in [5.41, 5.74) is 7.00. The maximum atomic E-state index is 11.1. The molecule has 19 heavy (non-hydrogen) atoms. The molecule has 1 aliphatic rings. The molecule has 5 heteroatoms. The van der Waals surface area contributed by atoms with Gasteiger partial charge in [0.15, 0.2) is 7.83 Å². The van der Waals surface area contributed by atoms with E-state index < -0.39 is 15.4 Å². The highest BCUT2D eigenvalue weighted by Crippen LogP contribution is 2.40. The van der Waals surface area contributed by atoms with Crippen molar-refractivity contribution in [3.05, 3.63) is 35.4 Å². The number of nitrogens with two attached hydrogens (primary N) is 1. The van der Waals surface area contributed by atoms with Crippen LogP contribution in [0.3, 0.4) is 0 Å². The van der Waals surface area contributed by atoms with Gasteiger partial charge in [-0.1, -0.05) is 31.3 Å². The van der Waals surface area contributed by atoms with E-state index in [0.717, 1.165) is 6.42 Å². The molecule has 0 aliphatic carbocycles. The van der Waals surface area contributed by atoms with Crippen molar-refractivity contribution in [2.75, 3.05) is 0 Å². The van der Waals surface area contributed by atoms with Crippen molar-refractivity contribution in [3.8, 4) is 0 Å².